The van der Waals surface area contributed by atoms with Crippen molar-refractivity contribution in [3.05, 3.63) is 28.8 Å². The van der Waals surface area contributed by atoms with Crippen molar-refractivity contribution in [1.82, 2.24) is 4.90 Å². The number of aryl methyl sites for hydroxylation is 1. The van der Waals surface area contributed by atoms with Crippen molar-refractivity contribution >= 4 is 23.3 Å². The lowest BCUT2D eigenvalue weighted by molar-refractivity contribution is 0.140. The summed E-state index contributed by atoms with van der Waals surface area (Å²) in [5.41, 5.74) is 1.69. The van der Waals surface area contributed by atoms with Crippen LogP contribution in [-0.4, -0.2) is 35.2 Å². The van der Waals surface area contributed by atoms with E-state index < -0.39 is 0 Å². The molecule has 5 heteroatoms. The molecule has 1 aliphatic carbocycles. The van der Waals surface area contributed by atoms with Gasteiger partial charge in [0.1, 0.15) is 0 Å². The minimum absolute atomic E-state index is 0.104. The molecule has 0 unspecified atom stereocenters. The summed E-state index contributed by atoms with van der Waals surface area (Å²) < 4.78 is 0. The van der Waals surface area contributed by atoms with Crippen molar-refractivity contribution in [1.29, 1.82) is 0 Å². The van der Waals surface area contributed by atoms with Gasteiger partial charge in [-0.2, -0.15) is 0 Å². The average molecular weight is 297 g/mol. The zero-order valence-electron chi connectivity index (χ0n) is 11.7. The molecule has 1 aromatic carbocycles. The van der Waals surface area contributed by atoms with E-state index in [0.717, 1.165) is 18.4 Å². The minimum atomic E-state index is -0.108. The van der Waals surface area contributed by atoms with E-state index >= 15 is 0 Å². The van der Waals surface area contributed by atoms with Crippen LogP contribution in [0.3, 0.4) is 0 Å². The molecule has 0 bridgehead atoms. The largest absolute Gasteiger partial charge is 0.396 e. The highest BCUT2D eigenvalue weighted by Gasteiger charge is 2.28. The molecule has 0 saturated heterocycles. The summed E-state index contributed by atoms with van der Waals surface area (Å²) in [5, 5.41) is 12.5. The number of aliphatic hydroxyl groups is 1. The molecule has 0 aromatic heterocycles. The number of amides is 2. The van der Waals surface area contributed by atoms with E-state index in [2.05, 4.69) is 5.32 Å². The van der Waals surface area contributed by atoms with Gasteiger partial charge in [0.05, 0.1) is 0 Å². The lowest BCUT2D eigenvalue weighted by Gasteiger charge is -2.37. The van der Waals surface area contributed by atoms with Crippen LogP contribution in [0.2, 0.25) is 5.02 Å². The van der Waals surface area contributed by atoms with Gasteiger partial charge in [-0.25, -0.2) is 4.79 Å². The van der Waals surface area contributed by atoms with Gasteiger partial charge in [0, 0.05) is 29.9 Å². The first-order valence-corrected chi connectivity index (χ1v) is 7.44. The number of benzene rings is 1. The van der Waals surface area contributed by atoms with E-state index in [9.17, 15) is 4.79 Å². The summed E-state index contributed by atoms with van der Waals surface area (Å²) in [6.07, 6.45) is 3.88. The monoisotopic (exact) mass is 296 g/mol. The van der Waals surface area contributed by atoms with Crippen molar-refractivity contribution in [2.24, 2.45) is 0 Å². The highest BCUT2D eigenvalue weighted by atomic mass is 35.5. The molecule has 0 radical (unpaired) electrons. The molecule has 4 nitrogen and oxygen atoms in total. The van der Waals surface area contributed by atoms with Crippen LogP contribution in [0.4, 0.5) is 10.5 Å². The maximum absolute atomic E-state index is 12.3. The Morgan fingerprint density at radius 2 is 2.25 bits per heavy atom. The highest BCUT2D eigenvalue weighted by Crippen LogP contribution is 2.26. The molecule has 1 aliphatic rings. The van der Waals surface area contributed by atoms with Gasteiger partial charge in [-0.05, 0) is 50.3 Å². The molecule has 2 N–H and O–H groups in total. The van der Waals surface area contributed by atoms with E-state index in [1.165, 1.54) is 6.42 Å². The van der Waals surface area contributed by atoms with Crippen LogP contribution in [-0.2, 0) is 0 Å². The fourth-order valence-electron chi connectivity index (χ4n) is 2.26. The van der Waals surface area contributed by atoms with Crippen molar-refractivity contribution < 1.29 is 9.90 Å². The molecule has 1 aromatic rings. The van der Waals surface area contributed by atoms with Crippen LogP contribution < -0.4 is 5.32 Å². The number of carbonyl (C=O) groups excluding carboxylic acids is 1. The standard InChI is InChI=1S/C15H21ClN2O2/c1-11-6-7-12(10-14(11)16)17-15(20)18(8-3-9-19)13-4-2-5-13/h6-7,10,13,19H,2-5,8-9H2,1H3,(H,17,20). The summed E-state index contributed by atoms with van der Waals surface area (Å²) in [7, 11) is 0. The Kier molecular flexibility index (Phi) is 5.26. The Balaban J connectivity index is 2.01. The third-order valence-electron chi connectivity index (χ3n) is 3.76. The van der Waals surface area contributed by atoms with E-state index in [4.69, 9.17) is 16.7 Å². The Bertz CT molecular complexity index is 475. The molecule has 0 aliphatic heterocycles. The summed E-state index contributed by atoms with van der Waals surface area (Å²) in [4.78, 5) is 14.2. The number of halogens is 1. The first kappa shape index (κ1) is 15.1. The predicted octanol–water partition coefficient (Wildman–Crippen LogP) is 3.42. The molecule has 110 valence electrons. The zero-order chi connectivity index (χ0) is 14.5. The van der Waals surface area contributed by atoms with Crippen LogP contribution in [0.15, 0.2) is 18.2 Å². The molecule has 1 saturated carbocycles. The molecule has 0 spiro atoms. The first-order valence-electron chi connectivity index (χ1n) is 7.06. The smallest absolute Gasteiger partial charge is 0.322 e. The number of hydrogen-bond donors (Lipinski definition) is 2. The number of urea groups is 1. The maximum atomic E-state index is 12.3. The molecule has 20 heavy (non-hydrogen) atoms. The minimum Gasteiger partial charge on any atom is -0.396 e. The fourth-order valence-corrected chi connectivity index (χ4v) is 2.44. The number of rotatable bonds is 5. The van der Waals surface area contributed by atoms with Crippen LogP contribution in [0, 0.1) is 6.92 Å². The topological polar surface area (TPSA) is 52.6 Å². The number of nitrogens with zero attached hydrogens (tertiary/aromatic N) is 1. The molecular weight excluding hydrogens is 276 g/mol. The van der Waals surface area contributed by atoms with Gasteiger partial charge in [-0.3, -0.25) is 0 Å². The second kappa shape index (κ2) is 6.95. The number of carbonyl (C=O) groups is 1. The summed E-state index contributed by atoms with van der Waals surface area (Å²) >= 11 is 6.06. The number of hydrogen-bond acceptors (Lipinski definition) is 2. The van der Waals surface area contributed by atoms with E-state index in [1.54, 1.807) is 6.07 Å². The predicted molar refractivity (Wildman–Crippen MR) is 81.3 cm³/mol. The van der Waals surface area contributed by atoms with Crippen LogP contribution in [0.1, 0.15) is 31.2 Å². The number of nitrogens with one attached hydrogen (secondary N) is 1. The fraction of sp³-hybridized carbons (Fsp3) is 0.533. The highest BCUT2D eigenvalue weighted by molar-refractivity contribution is 6.31. The van der Waals surface area contributed by atoms with Gasteiger partial charge >= 0.3 is 6.03 Å². The molecule has 0 atom stereocenters. The first-order chi connectivity index (χ1) is 9.61. The van der Waals surface area contributed by atoms with Gasteiger partial charge in [-0.15, -0.1) is 0 Å². The van der Waals surface area contributed by atoms with E-state index in [1.807, 2.05) is 24.0 Å². The number of aliphatic hydroxyl groups excluding tert-OH is 1. The van der Waals surface area contributed by atoms with Crippen molar-refractivity contribution in [2.75, 3.05) is 18.5 Å². The van der Waals surface area contributed by atoms with Gasteiger partial charge < -0.3 is 15.3 Å². The van der Waals surface area contributed by atoms with Gasteiger partial charge in [0.2, 0.25) is 0 Å². The maximum Gasteiger partial charge on any atom is 0.322 e. The normalized spacial score (nSPS) is 14.8. The van der Waals surface area contributed by atoms with Crippen molar-refractivity contribution in [3.8, 4) is 0 Å². The zero-order valence-corrected chi connectivity index (χ0v) is 12.5. The summed E-state index contributed by atoms with van der Waals surface area (Å²) in [5.74, 6) is 0. The molecular formula is C15H21ClN2O2. The molecule has 0 heterocycles. The molecule has 2 rings (SSSR count). The average Bonchev–Trinajstić information content (AvgIpc) is 2.36. The van der Waals surface area contributed by atoms with E-state index in [0.29, 0.717) is 29.7 Å². The van der Waals surface area contributed by atoms with Crippen LogP contribution in [0.25, 0.3) is 0 Å². The van der Waals surface area contributed by atoms with Gasteiger partial charge in [-0.1, -0.05) is 17.7 Å². The quantitative estimate of drug-likeness (QED) is 0.875. The van der Waals surface area contributed by atoms with E-state index in [-0.39, 0.29) is 12.6 Å². The third-order valence-corrected chi connectivity index (χ3v) is 4.16. The molecule has 2 amide bonds. The van der Waals surface area contributed by atoms with Crippen molar-refractivity contribution in [3.63, 3.8) is 0 Å². The third kappa shape index (κ3) is 3.64. The second-order valence-electron chi connectivity index (χ2n) is 5.25. The summed E-state index contributed by atoms with van der Waals surface area (Å²) in [6, 6.07) is 5.70. The number of anilines is 1. The second-order valence-corrected chi connectivity index (χ2v) is 5.66. The van der Waals surface area contributed by atoms with Crippen LogP contribution >= 0.6 is 11.6 Å². The Labute approximate surface area is 124 Å². The lowest BCUT2D eigenvalue weighted by atomic mass is 9.91. The summed E-state index contributed by atoms with van der Waals surface area (Å²) in [6.45, 7) is 2.62. The van der Waals surface area contributed by atoms with Gasteiger partial charge in [0.25, 0.3) is 0 Å². The Morgan fingerprint density at radius 1 is 1.50 bits per heavy atom. The van der Waals surface area contributed by atoms with Crippen LogP contribution in [0.5, 0.6) is 0 Å². The Morgan fingerprint density at radius 3 is 2.80 bits per heavy atom. The van der Waals surface area contributed by atoms with Gasteiger partial charge in [0.15, 0.2) is 0 Å². The van der Waals surface area contributed by atoms with Crippen molar-refractivity contribution in [2.45, 2.75) is 38.6 Å². The SMILES string of the molecule is Cc1ccc(NC(=O)N(CCCO)C2CCC2)cc1Cl. The Hall–Kier alpha value is -1.26. The molecule has 1 fully saturated rings. The lowest BCUT2D eigenvalue weighted by Crippen LogP contribution is -2.46.